The number of anilines is 1. The molecular weight excluding hydrogens is 436 g/mol. The van der Waals surface area contributed by atoms with Crippen molar-refractivity contribution in [1.82, 2.24) is 15.0 Å². The van der Waals surface area contributed by atoms with E-state index in [0.29, 0.717) is 22.7 Å². The Morgan fingerprint density at radius 1 is 1.14 bits per heavy atom. The topological polar surface area (TPSA) is 79.9 Å². The molecule has 5 rings (SSSR count). The summed E-state index contributed by atoms with van der Waals surface area (Å²) in [5.41, 5.74) is 3.13. The third kappa shape index (κ3) is 4.59. The average molecular weight is 467 g/mol. The number of fused-ring (bicyclic) bond motifs is 3. The van der Waals surface area contributed by atoms with Crippen molar-refractivity contribution in [1.29, 1.82) is 0 Å². The van der Waals surface area contributed by atoms with Gasteiger partial charge in [-0.1, -0.05) is 44.7 Å². The quantitative estimate of drug-likeness (QED) is 0.295. The fourth-order valence-electron chi connectivity index (χ4n) is 3.90. The SMILES string of the molecule is COc1ccc(-c2ccc3c(NC(C)C(C)(C)C)nc4c(C#CC5CC5)c[nH]c(=O)c4c3c2)cn1. The summed E-state index contributed by atoms with van der Waals surface area (Å²) in [7, 11) is 1.60. The van der Waals surface area contributed by atoms with Crippen LogP contribution in [0.25, 0.3) is 32.8 Å². The standard InChI is InChI=1S/C29H30N4O2/c1-17(29(2,3)4)32-27-22-12-10-19(20-11-13-24(35-5)30-15-20)14-23(22)25-26(33-27)21(16-31-28(25)34)9-8-18-6-7-18/h10-18H,6-7H2,1-5H3,(H,31,34)(H,32,33). The maximum absolute atomic E-state index is 13.1. The number of hydrogen-bond donors (Lipinski definition) is 2. The molecule has 0 spiro atoms. The molecule has 0 bridgehead atoms. The van der Waals surface area contributed by atoms with Crippen molar-refractivity contribution < 1.29 is 4.74 Å². The van der Waals surface area contributed by atoms with Gasteiger partial charge >= 0.3 is 0 Å². The van der Waals surface area contributed by atoms with Crippen LogP contribution in [0.15, 0.2) is 47.5 Å². The Hall–Kier alpha value is -3.85. The lowest BCUT2D eigenvalue weighted by Crippen LogP contribution is -2.31. The van der Waals surface area contributed by atoms with Crippen molar-refractivity contribution in [3.63, 3.8) is 0 Å². The van der Waals surface area contributed by atoms with Crippen molar-refractivity contribution in [2.24, 2.45) is 11.3 Å². The molecule has 2 N–H and O–H groups in total. The largest absolute Gasteiger partial charge is 0.481 e. The van der Waals surface area contributed by atoms with E-state index in [-0.39, 0.29) is 17.0 Å². The third-order valence-electron chi connectivity index (χ3n) is 6.75. The van der Waals surface area contributed by atoms with Gasteiger partial charge in [0.2, 0.25) is 5.88 Å². The number of ether oxygens (including phenoxy) is 1. The van der Waals surface area contributed by atoms with Crippen LogP contribution in [0, 0.1) is 23.2 Å². The smallest absolute Gasteiger partial charge is 0.258 e. The van der Waals surface area contributed by atoms with E-state index in [2.05, 4.69) is 54.8 Å². The van der Waals surface area contributed by atoms with Gasteiger partial charge in [-0.3, -0.25) is 4.79 Å². The van der Waals surface area contributed by atoms with Crippen molar-refractivity contribution in [3.8, 4) is 28.8 Å². The normalized spacial score (nSPS) is 14.4. The molecule has 1 unspecified atom stereocenters. The summed E-state index contributed by atoms with van der Waals surface area (Å²) < 4.78 is 5.20. The van der Waals surface area contributed by atoms with E-state index in [1.165, 1.54) is 0 Å². The predicted octanol–water partition coefficient (Wildman–Crippen LogP) is 5.75. The molecule has 1 atom stereocenters. The fourth-order valence-corrected chi connectivity index (χ4v) is 3.90. The summed E-state index contributed by atoms with van der Waals surface area (Å²) in [5, 5.41) is 5.91. The number of nitrogens with zero attached hydrogens (tertiary/aromatic N) is 2. The molecule has 1 fully saturated rings. The van der Waals surface area contributed by atoms with Crippen molar-refractivity contribution in [3.05, 3.63) is 58.6 Å². The van der Waals surface area contributed by atoms with Gasteiger partial charge < -0.3 is 15.0 Å². The first-order valence-electron chi connectivity index (χ1n) is 12.0. The van der Waals surface area contributed by atoms with Crippen LogP contribution >= 0.6 is 0 Å². The van der Waals surface area contributed by atoms with E-state index in [4.69, 9.17) is 9.72 Å². The number of nitrogens with one attached hydrogen (secondary N) is 2. The lowest BCUT2D eigenvalue weighted by molar-refractivity contribution is 0.359. The minimum atomic E-state index is -0.171. The van der Waals surface area contributed by atoms with E-state index < -0.39 is 0 Å². The highest BCUT2D eigenvalue weighted by atomic mass is 16.5. The van der Waals surface area contributed by atoms with Crippen molar-refractivity contribution >= 4 is 27.5 Å². The Morgan fingerprint density at radius 2 is 1.91 bits per heavy atom. The zero-order valence-electron chi connectivity index (χ0n) is 20.8. The van der Waals surface area contributed by atoms with Crippen LogP contribution in [-0.4, -0.2) is 28.1 Å². The third-order valence-corrected chi connectivity index (χ3v) is 6.75. The van der Waals surface area contributed by atoms with Crippen LogP contribution < -0.4 is 15.6 Å². The first kappa shape index (κ1) is 22.9. The first-order chi connectivity index (χ1) is 16.7. The number of benzene rings is 1. The van der Waals surface area contributed by atoms with Gasteiger partial charge in [0.05, 0.1) is 23.6 Å². The molecular formula is C29H30N4O2. The molecule has 4 aromatic rings. The predicted molar refractivity (Wildman–Crippen MR) is 142 cm³/mol. The molecule has 0 radical (unpaired) electrons. The Bertz CT molecular complexity index is 1530. The number of rotatable bonds is 4. The van der Waals surface area contributed by atoms with Gasteiger partial charge in [-0.2, -0.15) is 0 Å². The van der Waals surface area contributed by atoms with Gasteiger partial charge in [0.15, 0.2) is 0 Å². The minimum Gasteiger partial charge on any atom is -0.481 e. The second-order valence-electron chi connectivity index (χ2n) is 10.3. The second-order valence-corrected chi connectivity index (χ2v) is 10.3. The minimum absolute atomic E-state index is 0.0282. The van der Waals surface area contributed by atoms with Gasteiger partial charge in [-0.05, 0) is 42.9 Å². The lowest BCUT2D eigenvalue weighted by atomic mass is 9.88. The fraction of sp³-hybridized carbons (Fsp3) is 0.345. The second kappa shape index (κ2) is 8.74. The number of H-pyrrole nitrogens is 1. The molecule has 0 aliphatic heterocycles. The molecule has 35 heavy (non-hydrogen) atoms. The molecule has 178 valence electrons. The highest BCUT2D eigenvalue weighted by molar-refractivity contribution is 6.12. The molecule has 0 saturated heterocycles. The molecule has 0 amide bonds. The Labute approximate surface area is 205 Å². The summed E-state index contributed by atoms with van der Waals surface area (Å²) in [5.74, 6) is 8.35. The van der Waals surface area contributed by atoms with Crippen molar-refractivity contribution in [2.45, 2.75) is 46.6 Å². The van der Waals surface area contributed by atoms with Gasteiger partial charge in [0.1, 0.15) is 5.82 Å². The molecule has 3 aromatic heterocycles. The monoisotopic (exact) mass is 466 g/mol. The molecule has 6 nitrogen and oxygen atoms in total. The van der Waals surface area contributed by atoms with Gasteiger partial charge in [0, 0.05) is 46.8 Å². The molecule has 3 heterocycles. The highest BCUT2D eigenvalue weighted by Gasteiger charge is 2.23. The van der Waals surface area contributed by atoms with Crippen LogP contribution in [0.3, 0.4) is 0 Å². The van der Waals surface area contributed by atoms with Crippen LogP contribution in [0.5, 0.6) is 5.88 Å². The molecule has 6 heteroatoms. The molecule has 1 aromatic carbocycles. The highest BCUT2D eigenvalue weighted by Crippen LogP contribution is 2.34. The number of pyridine rings is 3. The van der Waals surface area contributed by atoms with E-state index >= 15 is 0 Å². The number of aromatic amines is 1. The maximum Gasteiger partial charge on any atom is 0.258 e. The number of aromatic nitrogens is 3. The Kier molecular flexibility index (Phi) is 5.72. The van der Waals surface area contributed by atoms with E-state index in [1.54, 1.807) is 19.5 Å². The van der Waals surface area contributed by atoms with Gasteiger partial charge in [-0.25, -0.2) is 9.97 Å². The summed E-state index contributed by atoms with van der Waals surface area (Å²) in [6, 6.07) is 10.1. The number of methoxy groups -OCH3 is 1. The van der Waals surface area contributed by atoms with Crippen LogP contribution in [0.1, 0.15) is 46.1 Å². The van der Waals surface area contributed by atoms with Crippen LogP contribution in [-0.2, 0) is 0 Å². The summed E-state index contributed by atoms with van der Waals surface area (Å²) in [6.07, 6.45) is 5.74. The Morgan fingerprint density at radius 3 is 2.57 bits per heavy atom. The van der Waals surface area contributed by atoms with Crippen molar-refractivity contribution in [2.75, 3.05) is 12.4 Å². The summed E-state index contributed by atoms with van der Waals surface area (Å²) in [4.78, 5) is 25.3. The van der Waals surface area contributed by atoms with Crippen LogP contribution in [0.2, 0.25) is 0 Å². The molecule has 1 aliphatic carbocycles. The Balaban J connectivity index is 1.77. The average Bonchev–Trinajstić information content (AvgIpc) is 3.67. The van der Waals surface area contributed by atoms with Gasteiger partial charge in [0.25, 0.3) is 5.56 Å². The van der Waals surface area contributed by atoms with Crippen LogP contribution in [0.4, 0.5) is 5.82 Å². The zero-order chi connectivity index (χ0) is 24.7. The zero-order valence-corrected chi connectivity index (χ0v) is 20.8. The van der Waals surface area contributed by atoms with E-state index in [9.17, 15) is 4.79 Å². The number of hydrogen-bond acceptors (Lipinski definition) is 5. The summed E-state index contributed by atoms with van der Waals surface area (Å²) >= 11 is 0. The maximum atomic E-state index is 13.1. The van der Waals surface area contributed by atoms with E-state index in [0.717, 1.165) is 46.1 Å². The molecule has 1 aliphatic rings. The summed E-state index contributed by atoms with van der Waals surface area (Å²) in [6.45, 7) is 8.74. The first-order valence-corrected chi connectivity index (χ1v) is 12.0. The lowest BCUT2D eigenvalue weighted by Gasteiger charge is -2.29. The van der Waals surface area contributed by atoms with Gasteiger partial charge in [-0.15, -0.1) is 0 Å². The van der Waals surface area contributed by atoms with E-state index in [1.807, 2.05) is 30.3 Å². The molecule has 1 saturated carbocycles.